The Kier molecular flexibility index (Phi) is 5.62. The number of nitrogens with zero attached hydrogens (tertiary/aromatic N) is 2. The van der Waals surface area contributed by atoms with Crippen LogP contribution in [0.2, 0.25) is 0 Å². The van der Waals surface area contributed by atoms with Crippen molar-refractivity contribution < 1.29 is 0 Å². The summed E-state index contributed by atoms with van der Waals surface area (Å²) in [5, 5.41) is 1.16. The van der Waals surface area contributed by atoms with E-state index in [0.717, 1.165) is 27.8 Å². The maximum atomic E-state index is 5.36. The van der Waals surface area contributed by atoms with E-state index in [0.29, 0.717) is 0 Å². The van der Waals surface area contributed by atoms with Crippen molar-refractivity contribution in [1.29, 1.82) is 0 Å². The third-order valence-electron chi connectivity index (χ3n) is 7.20. The zero-order valence-corrected chi connectivity index (χ0v) is 23.1. The van der Waals surface area contributed by atoms with Crippen LogP contribution in [0.5, 0.6) is 0 Å². The van der Waals surface area contributed by atoms with Crippen LogP contribution < -0.4 is 13.8 Å². The third kappa shape index (κ3) is 3.92. The average Bonchev–Trinajstić information content (AvgIpc) is 2.96. The molecule has 0 unspecified atom stereocenters. The van der Waals surface area contributed by atoms with E-state index in [1.165, 1.54) is 42.6 Å². The van der Waals surface area contributed by atoms with E-state index in [9.17, 15) is 0 Å². The summed E-state index contributed by atoms with van der Waals surface area (Å²) in [7, 11) is 0. The van der Waals surface area contributed by atoms with Crippen LogP contribution in [0.25, 0.3) is 33.3 Å². The molecule has 1 aliphatic heterocycles. The van der Waals surface area contributed by atoms with Crippen molar-refractivity contribution >= 4 is 51.8 Å². The van der Waals surface area contributed by atoms with E-state index in [4.69, 9.17) is 4.98 Å². The van der Waals surface area contributed by atoms with Gasteiger partial charge in [-0.25, -0.2) is 0 Å². The number of hydrogen-bond donors (Lipinski definition) is 0. The van der Waals surface area contributed by atoms with Crippen LogP contribution in [-0.2, 0) is 0 Å². The van der Waals surface area contributed by atoms with Crippen molar-refractivity contribution in [2.45, 2.75) is 13.8 Å². The fourth-order valence-electron chi connectivity index (χ4n) is 5.22. The Balaban J connectivity index is 1.54. The second-order valence-electron chi connectivity index (χ2n) is 9.83. The van der Waals surface area contributed by atoms with E-state index in [-0.39, 0.29) is 15.0 Å². The Morgan fingerprint density at radius 3 is 1.74 bits per heavy atom. The van der Waals surface area contributed by atoms with Crippen LogP contribution in [0.3, 0.4) is 0 Å². The topological polar surface area (TPSA) is 16.1 Å². The second kappa shape index (κ2) is 9.29. The van der Waals surface area contributed by atoms with Gasteiger partial charge < -0.3 is 0 Å². The molecule has 0 amide bonds. The molecule has 2 nitrogen and oxygen atoms in total. The van der Waals surface area contributed by atoms with Crippen molar-refractivity contribution in [1.82, 2.24) is 4.98 Å². The monoisotopic (exact) mass is 554 g/mol. The van der Waals surface area contributed by atoms with Crippen LogP contribution in [0, 0.1) is 13.8 Å². The molecular weight excluding hydrogens is 527 g/mol. The number of para-hydroxylation sites is 3. The SMILES string of the molecule is Cc1ccc(-c2cc(-c3ccc(C)cc3)c3cccc(N4c5ccccc5[Se]c5ccccc54)c3n2)cc1. The number of fused-ring (bicyclic) bond motifs is 3. The number of hydrogen-bond acceptors (Lipinski definition) is 2. The molecule has 2 heterocycles. The van der Waals surface area contributed by atoms with Crippen LogP contribution in [0.1, 0.15) is 11.1 Å². The van der Waals surface area contributed by atoms with Gasteiger partial charge >= 0.3 is 230 Å². The summed E-state index contributed by atoms with van der Waals surface area (Å²) in [4.78, 5) is 7.78. The number of aryl methyl sites for hydroxylation is 2. The molecule has 0 saturated heterocycles. The third-order valence-corrected chi connectivity index (χ3v) is 9.57. The molecule has 38 heavy (non-hydrogen) atoms. The van der Waals surface area contributed by atoms with Crippen LogP contribution in [-0.4, -0.2) is 19.9 Å². The molecule has 0 aliphatic carbocycles. The zero-order chi connectivity index (χ0) is 25.6. The second-order valence-corrected chi connectivity index (χ2v) is 12.1. The molecule has 0 spiro atoms. The Morgan fingerprint density at radius 1 is 0.553 bits per heavy atom. The standard InChI is InChI=1S/C35H26N2Se/c1-23-14-18-25(19-15-23)28-22-29(26-20-16-24(2)17-21-26)36-35-27(28)8-7-11-32(35)37-30-9-3-5-12-33(30)38-34-13-6-4-10-31(34)37/h3-22H,1-2H3. The summed E-state index contributed by atoms with van der Waals surface area (Å²) < 4.78 is 2.79. The molecule has 0 saturated carbocycles. The van der Waals surface area contributed by atoms with Gasteiger partial charge in [0.05, 0.1) is 0 Å². The fourth-order valence-corrected chi connectivity index (χ4v) is 7.44. The molecular formula is C35H26N2Se. The van der Waals surface area contributed by atoms with Gasteiger partial charge in [-0.15, -0.1) is 0 Å². The minimum absolute atomic E-state index is 0.266. The van der Waals surface area contributed by atoms with E-state index in [1.54, 1.807) is 0 Å². The maximum absolute atomic E-state index is 5.36. The number of pyridine rings is 1. The summed E-state index contributed by atoms with van der Waals surface area (Å²) in [6, 6.07) is 44.0. The van der Waals surface area contributed by atoms with E-state index in [2.05, 4.69) is 140 Å². The Morgan fingerprint density at radius 2 is 1.11 bits per heavy atom. The van der Waals surface area contributed by atoms with Crippen LogP contribution in [0.15, 0.2) is 121 Å². The van der Waals surface area contributed by atoms with Gasteiger partial charge in [-0.1, -0.05) is 0 Å². The zero-order valence-electron chi connectivity index (χ0n) is 21.3. The summed E-state index contributed by atoms with van der Waals surface area (Å²) >= 11 is 0.266. The summed E-state index contributed by atoms with van der Waals surface area (Å²) in [5.41, 5.74) is 11.7. The van der Waals surface area contributed by atoms with Crippen molar-refractivity contribution in [2.75, 3.05) is 4.90 Å². The first-order valence-corrected chi connectivity index (χ1v) is 14.6. The molecule has 0 radical (unpaired) electrons. The summed E-state index contributed by atoms with van der Waals surface area (Å²) in [5.74, 6) is 0. The number of rotatable bonds is 3. The number of aromatic nitrogens is 1. The first-order valence-electron chi connectivity index (χ1n) is 12.9. The minimum atomic E-state index is 0.266. The van der Waals surface area contributed by atoms with Crippen molar-refractivity contribution in [3.8, 4) is 22.4 Å². The average molecular weight is 554 g/mol. The van der Waals surface area contributed by atoms with Crippen molar-refractivity contribution in [3.05, 3.63) is 132 Å². The quantitative estimate of drug-likeness (QED) is 0.209. The molecule has 0 atom stereocenters. The van der Waals surface area contributed by atoms with Gasteiger partial charge in [-0.3, -0.25) is 0 Å². The van der Waals surface area contributed by atoms with E-state index >= 15 is 0 Å². The van der Waals surface area contributed by atoms with Gasteiger partial charge in [0.2, 0.25) is 0 Å². The van der Waals surface area contributed by atoms with Gasteiger partial charge in [-0.2, -0.15) is 0 Å². The normalized spacial score (nSPS) is 12.3. The molecule has 0 N–H and O–H groups in total. The molecule has 0 fully saturated rings. The van der Waals surface area contributed by atoms with Crippen LogP contribution in [0.4, 0.5) is 17.1 Å². The Hall–Kier alpha value is -4.17. The summed E-state index contributed by atoms with van der Waals surface area (Å²) in [6.45, 7) is 4.26. The molecule has 3 heteroatoms. The van der Waals surface area contributed by atoms with Gasteiger partial charge in [0.1, 0.15) is 0 Å². The predicted molar refractivity (Wildman–Crippen MR) is 162 cm³/mol. The van der Waals surface area contributed by atoms with Gasteiger partial charge in [0.15, 0.2) is 0 Å². The van der Waals surface area contributed by atoms with Gasteiger partial charge in [-0.05, 0) is 0 Å². The summed E-state index contributed by atoms with van der Waals surface area (Å²) in [6.07, 6.45) is 0. The first-order chi connectivity index (χ1) is 18.7. The van der Waals surface area contributed by atoms with Crippen LogP contribution >= 0.6 is 0 Å². The fraction of sp³-hybridized carbons (Fsp3) is 0.0571. The Bertz CT molecular complexity index is 1760. The molecule has 1 aliphatic rings. The molecule has 182 valence electrons. The first kappa shape index (κ1) is 23.0. The number of anilines is 3. The van der Waals surface area contributed by atoms with Crippen molar-refractivity contribution in [3.63, 3.8) is 0 Å². The predicted octanol–water partition coefficient (Wildman–Crippen LogP) is 7.62. The Labute approximate surface area is 229 Å². The van der Waals surface area contributed by atoms with Gasteiger partial charge in [0, 0.05) is 0 Å². The molecule has 5 aromatic carbocycles. The molecule has 1 aromatic heterocycles. The van der Waals surface area contributed by atoms with Crippen molar-refractivity contribution in [2.24, 2.45) is 0 Å². The molecule has 7 rings (SSSR count). The van der Waals surface area contributed by atoms with E-state index in [1.807, 2.05) is 0 Å². The number of benzene rings is 5. The molecule has 0 bridgehead atoms. The molecule has 6 aromatic rings. The van der Waals surface area contributed by atoms with Gasteiger partial charge in [0.25, 0.3) is 0 Å². The van der Waals surface area contributed by atoms with E-state index < -0.39 is 0 Å².